The quantitative estimate of drug-likeness (QED) is 0.429. The maximum Gasteiger partial charge on any atom is 0.253 e. The van der Waals surface area contributed by atoms with Gasteiger partial charge in [-0.3, -0.25) is 19.0 Å². The number of carbonyl (C=O) groups is 2. The highest BCUT2D eigenvalue weighted by Gasteiger charge is 2.48. The van der Waals surface area contributed by atoms with Crippen molar-refractivity contribution in [3.8, 4) is 0 Å². The molecule has 2 fully saturated rings. The number of halogens is 1. The van der Waals surface area contributed by atoms with Crippen molar-refractivity contribution < 1.29 is 22.4 Å². The molecule has 0 aromatic heterocycles. The number of nitrogens with one attached hydrogen (secondary N) is 2. The molecule has 1 aromatic rings. The highest BCUT2D eigenvalue weighted by atomic mass is 32.2. The van der Waals surface area contributed by atoms with Crippen LogP contribution >= 0.6 is 0 Å². The van der Waals surface area contributed by atoms with Crippen molar-refractivity contribution in [2.45, 2.75) is 83.6 Å². The Morgan fingerprint density at radius 2 is 1.89 bits per heavy atom. The first-order valence-corrected chi connectivity index (χ1v) is 15.5. The molecule has 1 saturated heterocycles. The van der Waals surface area contributed by atoms with Crippen molar-refractivity contribution in [3.05, 3.63) is 29.3 Å². The van der Waals surface area contributed by atoms with Gasteiger partial charge in [0, 0.05) is 31.6 Å². The van der Waals surface area contributed by atoms with E-state index in [-0.39, 0.29) is 43.2 Å². The summed E-state index contributed by atoms with van der Waals surface area (Å²) in [6.07, 6.45) is 7.97. The molecule has 1 saturated carbocycles. The molecular formula is C28H41FN4O4S. The Labute approximate surface area is 225 Å². The second-order valence-electron chi connectivity index (χ2n) is 11.2. The molecule has 10 heteroatoms. The molecule has 0 atom stereocenters. The average Bonchev–Trinajstić information content (AvgIpc) is 3.19. The van der Waals surface area contributed by atoms with Gasteiger partial charge in [-0.2, -0.15) is 0 Å². The summed E-state index contributed by atoms with van der Waals surface area (Å²) in [7, 11) is -3.48. The van der Waals surface area contributed by atoms with Crippen LogP contribution in [-0.4, -0.2) is 61.4 Å². The van der Waals surface area contributed by atoms with Crippen molar-refractivity contribution in [1.29, 1.82) is 0 Å². The number of amides is 2. The number of benzene rings is 1. The summed E-state index contributed by atoms with van der Waals surface area (Å²) in [6, 6.07) is 5.49. The molecule has 2 amide bonds. The van der Waals surface area contributed by atoms with E-state index in [1.54, 1.807) is 6.07 Å². The van der Waals surface area contributed by atoms with Gasteiger partial charge in [0.2, 0.25) is 15.9 Å². The zero-order valence-electron chi connectivity index (χ0n) is 22.6. The first-order valence-electron chi connectivity index (χ1n) is 13.9. The smallest absolute Gasteiger partial charge is 0.253 e. The normalized spacial score (nSPS) is 23.8. The molecular weight excluding hydrogens is 507 g/mol. The Morgan fingerprint density at radius 3 is 2.53 bits per heavy atom. The zero-order valence-corrected chi connectivity index (χ0v) is 23.4. The maximum atomic E-state index is 13.1. The molecule has 0 unspecified atom stereocenters. The van der Waals surface area contributed by atoms with Crippen LogP contribution in [-0.2, 0) is 26.0 Å². The van der Waals surface area contributed by atoms with E-state index in [0.717, 1.165) is 55.5 Å². The largest absolute Gasteiger partial charge is 0.326 e. The van der Waals surface area contributed by atoms with E-state index >= 15 is 0 Å². The summed E-state index contributed by atoms with van der Waals surface area (Å²) < 4.78 is 40.1. The Morgan fingerprint density at radius 1 is 1.18 bits per heavy atom. The number of hydrogen-bond acceptors (Lipinski definition) is 5. The van der Waals surface area contributed by atoms with Gasteiger partial charge in [-0.1, -0.05) is 18.9 Å². The van der Waals surface area contributed by atoms with Crippen LogP contribution in [0.15, 0.2) is 23.2 Å². The predicted octanol–water partition coefficient (Wildman–Crippen LogP) is 4.13. The molecule has 4 rings (SSSR count). The molecule has 38 heavy (non-hydrogen) atoms. The summed E-state index contributed by atoms with van der Waals surface area (Å²) in [5.74, 6) is 1.42. The minimum absolute atomic E-state index is 0.00436. The van der Waals surface area contributed by atoms with Crippen LogP contribution in [0.5, 0.6) is 0 Å². The highest BCUT2D eigenvalue weighted by Crippen LogP contribution is 2.37. The van der Waals surface area contributed by atoms with Crippen LogP contribution in [0.25, 0.3) is 0 Å². The summed E-state index contributed by atoms with van der Waals surface area (Å²) in [4.78, 5) is 29.1. The topological polar surface area (TPSA) is 108 Å². The standard InChI is InChI=1S/C28H41FN4O4S/c1-20-19-25(30-21(2)34)11-10-23(20)12-18-38(36,37)33-16-13-28(14-17-33)27(35)31-26(32-28)24-8-6-22(7-9-24)5-3-4-15-29/h10-11,19,22,24H,3-9,12-18H2,1-2H3,(H,30,34)(H,31,32,35). The second-order valence-corrected chi connectivity index (χ2v) is 13.3. The third kappa shape index (κ3) is 6.81. The number of aliphatic imine (C=N–C) groups is 1. The number of piperidine rings is 1. The molecule has 2 N–H and O–H groups in total. The molecule has 1 spiro atoms. The van der Waals surface area contributed by atoms with Gasteiger partial charge in [0.15, 0.2) is 0 Å². The SMILES string of the molecule is CC(=O)Nc1ccc(CCS(=O)(=O)N2CCC3(CC2)N=C(C2CCC(CCCCF)CC2)NC3=O)c(C)c1. The minimum atomic E-state index is -3.48. The molecule has 2 aliphatic heterocycles. The van der Waals surface area contributed by atoms with Crippen LogP contribution in [0.4, 0.5) is 10.1 Å². The molecule has 0 radical (unpaired) electrons. The van der Waals surface area contributed by atoms with E-state index in [9.17, 15) is 22.4 Å². The summed E-state index contributed by atoms with van der Waals surface area (Å²) >= 11 is 0. The van der Waals surface area contributed by atoms with E-state index in [2.05, 4.69) is 10.6 Å². The van der Waals surface area contributed by atoms with Gasteiger partial charge < -0.3 is 10.6 Å². The predicted molar refractivity (Wildman–Crippen MR) is 147 cm³/mol. The fourth-order valence-electron chi connectivity index (χ4n) is 6.09. The molecule has 1 aromatic carbocycles. The van der Waals surface area contributed by atoms with Crippen LogP contribution in [0.1, 0.15) is 75.8 Å². The fourth-order valence-corrected chi connectivity index (χ4v) is 7.56. The van der Waals surface area contributed by atoms with Crippen molar-refractivity contribution in [2.24, 2.45) is 16.8 Å². The van der Waals surface area contributed by atoms with Gasteiger partial charge in [-0.15, -0.1) is 0 Å². The zero-order chi connectivity index (χ0) is 27.3. The van der Waals surface area contributed by atoms with E-state index < -0.39 is 15.6 Å². The lowest BCUT2D eigenvalue weighted by atomic mass is 9.79. The van der Waals surface area contributed by atoms with Crippen molar-refractivity contribution in [2.75, 3.05) is 30.8 Å². The summed E-state index contributed by atoms with van der Waals surface area (Å²) in [5, 5.41) is 5.78. The number of unbranched alkanes of at least 4 members (excludes halogenated alkanes) is 1. The monoisotopic (exact) mass is 548 g/mol. The lowest BCUT2D eigenvalue weighted by Gasteiger charge is -2.34. The van der Waals surface area contributed by atoms with Gasteiger partial charge in [-0.05, 0) is 87.5 Å². The van der Waals surface area contributed by atoms with Crippen LogP contribution in [0.2, 0.25) is 0 Å². The van der Waals surface area contributed by atoms with Crippen molar-refractivity contribution in [3.63, 3.8) is 0 Å². The second kappa shape index (κ2) is 12.2. The third-order valence-corrected chi connectivity index (χ3v) is 10.3. The number of rotatable bonds is 10. The molecule has 1 aliphatic carbocycles. The van der Waals surface area contributed by atoms with E-state index in [1.165, 1.54) is 11.2 Å². The Balaban J connectivity index is 1.30. The molecule has 3 aliphatic rings. The van der Waals surface area contributed by atoms with E-state index in [0.29, 0.717) is 37.3 Å². The lowest BCUT2D eigenvalue weighted by Crippen LogP contribution is -2.51. The van der Waals surface area contributed by atoms with Gasteiger partial charge in [0.25, 0.3) is 5.91 Å². The first kappa shape index (κ1) is 28.7. The van der Waals surface area contributed by atoms with Crippen LogP contribution in [0.3, 0.4) is 0 Å². The highest BCUT2D eigenvalue weighted by molar-refractivity contribution is 7.89. The van der Waals surface area contributed by atoms with Gasteiger partial charge in [0.1, 0.15) is 11.4 Å². The number of alkyl halides is 1. The van der Waals surface area contributed by atoms with E-state index in [1.807, 2.05) is 19.1 Å². The van der Waals surface area contributed by atoms with Gasteiger partial charge in [0.05, 0.1) is 12.4 Å². The maximum absolute atomic E-state index is 13.1. The number of sulfonamides is 1. The molecule has 8 nitrogen and oxygen atoms in total. The number of aryl methyl sites for hydroxylation is 2. The minimum Gasteiger partial charge on any atom is -0.326 e. The average molecular weight is 549 g/mol. The Hall–Kier alpha value is -2.33. The van der Waals surface area contributed by atoms with Crippen LogP contribution in [0, 0.1) is 18.8 Å². The van der Waals surface area contributed by atoms with Crippen LogP contribution < -0.4 is 10.6 Å². The van der Waals surface area contributed by atoms with Crippen molar-refractivity contribution in [1.82, 2.24) is 9.62 Å². The summed E-state index contributed by atoms with van der Waals surface area (Å²) in [6.45, 7) is 3.69. The fraction of sp³-hybridized carbons (Fsp3) is 0.679. The lowest BCUT2D eigenvalue weighted by molar-refractivity contribution is -0.125. The van der Waals surface area contributed by atoms with Gasteiger partial charge >= 0.3 is 0 Å². The third-order valence-electron chi connectivity index (χ3n) is 8.46. The Bertz CT molecular complexity index is 1150. The number of nitrogens with zero attached hydrogens (tertiary/aromatic N) is 2. The summed E-state index contributed by atoms with van der Waals surface area (Å²) in [5.41, 5.74) is 1.70. The number of anilines is 1. The molecule has 0 bridgehead atoms. The number of hydrogen-bond donors (Lipinski definition) is 2. The molecule has 2 heterocycles. The van der Waals surface area contributed by atoms with Gasteiger partial charge in [-0.25, -0.2) is 12.7 Å². The first-order chi connectivity index (χ1) is 18.1. The van der Waals surface area contributed by atoms with Crippen molar-refractivity contribution >= 4 is 33.4 Å². The number of carbonyl (C=O) groups excluding carboxylic acids is 2. The van der Waals surface area contributed by atoms with E-state index in [4.69, 9.17) is 4.99 Å². The number of amidine groups is 1. The Kier molecular flexibility index (Phi) is 9.23. The molecule has 210 valence electrons.